The van der Waals surface area contributed by atoms with E-state index in [1.54, 1.807) is 0 Å². The van der Waals surface area contributed by atoms with Crippen LogP contribution in [0.3, 0.4) is 0 Å². The molecule has 1 aromatic rings. The first-order valence-electron chi connectivity index (χ1n) is 6.75. The summed E-state index contributed by atoms with van der Waals surface area (Å²) in [4.78, 5) is 12.0. The van der Waals surface area contributed by atoms with Crippen LogP contribution in [0.5, 0.6) is 0 Å². The summed E-state index contributed by atoms with van der Waals surface area (Å²) in [5, 5.41) is 0. The summed E-state index contributed by atoms with van der Waals surface area (Å²) in [6.07, 6.45) is 3.26. The van der Waals surface area contributed by atoms with E-state index in [0.717, 1.165) is 24.2 Å². The number of ether oxygens (including phenoxy) is 1. The summed E-state index contributed by atoms with van der Waals surface area (Å²) in [5.74, 6) is 3.47. The second kappa shape index (κ2) is 5.09. The number of hydrogen-bond donors (Lipinski definition) is 0. The number of carbonyl (C=O) groups is 1. The zero-order valence-electron chi connectivity index (χ0n) is 11.3. The molecular formula is C14H18O3S2. The van der Waals surface area contributed by atoms with Crippen LogP contribution in [0, 0.1) is 6.92 Å². The quantitative estimate of drug-likeness (QED) is 0.778. The maximum Gasteiger partial charge on any atom is 0.374 e. The molecule has 0 atom stereocenters. The minimum atomic E-state index is -0.322. The van der Waals surface area contributed by atoms with Gasteiger partial charge in [-0.05, 0) is 26.7 Å². The Bertz CT molecular complexity index is 501. The Morgan fingerprint density at radius 3 is 2.84 bits per heavy atom. The highest BCUT2D eigenvalue weighted by Gasteiger charge is 2.45. The Labute approximate surface area is 121 Å². The van der Waals surface area contributed by atoms with Gasteiger partial charge in [0.2, 0.25) is 5.76 Å². The molecule has 5 heteroatoms. The van der Waals surface area contributed by atoms with Crippen molar-refractivity contribution in [2.75, 3.05) is 18.1 Å². The monoisotopic (exact) mass is 298 g/mol. The minimum absolute atomic E-state index is 0.131. The molecule has 0 radical (unpaired) electrons. The Hall–Kier alpha value is -0.550. The molecule has 1 saturated heterocycles. The zero-order chi connectivity index (χ0) is 13.5. The largest absolute Gasteiger partial charge is 0.460 e. The number of esters is 1. The summed E-state index contributed by atoms with van der Waals surface area (Å²) in [7, 11) is 0. The molecule has 1 spiro atoms. The maximum atomic E-state index is 12.0. The first kappa shape index (κ1) is 13.4. The van der Waals surface area contributed by atoms with Crippen molar-refractivity contribution in [3.05, 3.63) is 22.6 Å². The van der Waals surface area contributed by atoms with Crippen LogP contribution >= 0.6 is 23.5 Å². The third-order valence-corrected chi connectivity index (χ3v) is 7.26. The Balaban J connectivity index is 2.05. The van der Waals surface area contributed by atoms with E-state index in [0.29, 0.717) is 12.4 Å². The first-order chi connectivity index (χ1) is 9.18. The van der Waals surface area contributed by atoms with Gasteiger partial charge in [-0.3, -0.25) is 0 Å². The van der Waals surface area contributed by atoms with Crippen LogP contribution in [0.25, 0.3) is 0 Å². The van der Waals surface area contributed by atoms with Crippen molar-refractivity contribution in [1.82, 2.24) is 0 Å². The number of aryl methyl sites for hydroxylation is 1. The lowest BCUT2D eigenvalue weighted by Gasteiger charge is -2.31. The van der Waals surface area contributed by atoms with E-state index < -0.39 is 0 Å². The van der Waals surface area contributed by atoms with Gasteiger partial charge in [-0.2, -0.15) is 0 Å². The normalized spacial score (nSPS) is 20.5. The van der Waals surface area contributed by atoms with Gasteiger partial charge in [-0.1, -0.05) is 0 Å². The van der Waals surface area contributed by atoms with Gasteiger partial charge in [0.1, 0.15) is 5.76 Å². The topological polar surface area (TPSA) is 39.4 Å². The van der Waals surface area contributed by atoms with Gasteiger partial charge >= 0.3 is 5.97 Å². The fourth-order valence-electron chi connectivity index (χ4n) is 2.99. The van der Waals surface area contributed by atoms with Gasteiger partial charge in [0.15, 0.2) is 0 Å². The molecule has 19 heavy (non-hydrogen) atoms. The Morgan fingerprint density at radius 1 is 1.42 bits per heavy atom. The van der Waals surface area contributed by atoms with Crippen molar-refractivity contribution in [3.8, 4) is 0 Å². The molecule has 3 nitrogen and oxygen atoms in total. The van der Waals surface area contributed by atoms with Gasteiger partial charge < -0.3 is 9.15 Å². The van der Waals surface area contributed by atoms with Gasteiger partial charge in [0.25, 0.3) is 0 Å². The molecule has 2 heterocycles. The fourth-order valence-corrected chi connectivity index (χ4v) is 6.55. The van der Waals surface area contributed by atoms with E-state index in [1.165, 1.54) is 23.5 Å². The third kappa shape index (κ3) is 2.11. The molecule has 1 aromatic heterocycles. The molecule has 0 unspecified atom stereocenters. The number of fused-ring (bicyclic) bond motifs is 2. The Morgan fingerprint density at radius 2 is 2.16 bits per heavy atom. The van der Waals surface area contributed by atoms with Crippen LogP contribution < -0.4 is 0 Å². The van der Waals surface area contributed by atoms with E-state index in [1.807, 2.05) is 37.4 Å². The predicted octanol–water partition coefficient (Wildman–Crippen LogP) is 3.73. The van der Waals surface area contributed by atoms with Crippen molar-refractivity contribution in [1.29, 1.82) is 0 Å². The van der Waals surface area contributed by atoms with Crippen LogP contribution in [0.4, 0.5) is 0 Å². The highest BCUT2D eigenvalue weighted by molar-refractivity contribution is 8.20. The number of carbonyl (C=O) groups excluding carboxylic acids is 1. The third-order valence-electron chi connectivity index (χ3n) is 3.72. The molecule has 0 bridgehead atoms. The van der Waals surface area contributed by atoms with Crippen molar-refractivity contribution >= 4 is 29.5 Å². The van der Waals surface area contributed by atoms with Crippen LogP contribution in [0.1, 0.15) is 47.2 Å². The van der Waals surface area contributed by atoms with Crippen molar-refractivity contribution < 1.29 is 13.9 Å². The molecule has 1 aliphatic heterocycles. The van der Waals surface area contributed by atoms with Crippen LogP contribution in [-0.2, 0) is 15.2 Å². The minimum Gasteiger partial charge on any atom is -0.460 e. The molecule has 0 amide bonds. The van der Waals surface area contributed by atoms with Crippen molar-refractivity contribution in [2.24, 2.45) is 0 Å². The van der Waals surface area contributed by atoms with Crippen LogP contribution in [0.15, 0.2) is 4.42 Å². The van der Waals surface area contributed by atoms with Gasteiger partial charge in [-0.25, -0.2) is 4.79 Å². The van der Waals surface area contributed by atoms with E-state index >= 15 is 0 Å². The lowest BCUT2D eigenvalue weighted by Crippen LogP contribution is -2.21. The lowest BCUT2D eigenvalue weighted by atomic mass is 9.94. The molecule has 0 N–H and O–H groups in total. The number of furan rings is 1. The average molecular weight is 298 g/mol. The molecule has 1 fully saturated rings. The number of hydrogen-bond acceptors (Lipinski definition) is 5. The smallest absolute Gasteiger partial charge is 0.374 e. The SMILES string of the molecule is CCOC(=O)c1oc2c(c1C)C1(CCC2)SCCS1. The number of rotatable bonds is 2. The molecule has 1 aliphatic carbocycles. The summed E-state index contributed by atoms with van der Waals surface area (Å²) in [5.41, 5.74) is 2.27. The van der Waals surface area contributed by atoms with Crippen LogP contribution in [-0.4, -0.2) is 24.1 Å². The Kier molecular flexibility index (Phi) is 3.60. The fraction of sp³-hybridized carbons (Fsp3) is 0.643. The van der Waals surface area contributed by atoms with Crippen LogP contribution in [0.2, 0.25) is 0 Å². The van der Waals surface area contributed by atoms with E-state index in [4.69, 9.17) is 9.15 Å². The predicted molar refractivity (Wildman–Crippen MR) is 78.9 cm³/mol. The second-order valence-corrected chi connectivity index (χ2v) is 7.92. The van der Waals surface area contributed by atoms with Crippen molar-refractivity contribution in [2.45, 2.75) is 37.2 Å². The van der Waals surface area contributed by atoms with E-state index in [2.05, 4.69) is 0 Å². The van der Waals surface area contributed by atoms with E-state index in [-0.39, 0.29) is 10.0 Å². The summed E-state index contributed by atoms with van der Waals surface area (Å²) < 4.78 is 11.1. The summed E-state index contributed by atoms with van der Waals surface area (Å²) in [6, 6.07) is 0. The van der Waals surface area contributed by atoms with Crippen molar-refractivity contribution in [3.63, 3.8) is 0 Å². The van der Waals surface area contributed by atoms with Gasteiger partial charge in [0, 0.05) is 29.1 Å². The average Bonchev–Trinajstić information content (AvgIpc) is 2.97. The molecule has 0 aromatic carbocycles. The molecule has 3 rings (SSSR count). The highest BCUT2D eigenvalue weighted by Crippen LogP contribution is 2.59. The standard InChI is InChI=1S/C14H18O3S2/c1-3-16-13(15)12-9(2)11-10(17-12)5-4-6-14(11)18-7-8-19-14/h3-8H2,1-2H3. The molecule has 104 valence electrons. The van der Waals surface area contributed by atoms with E-state index in [9.17, 15) is 4.79 Å². The molecule has 2 aliphatic rings. The lowest BCUT2D eigenvalue weighted by molar-refractivity contribution is 0.0487. The maximum absolute atomic E-state index is 12.0. The zero-order valence-corrected chi connectivity index (χ0v) is 12.9. The van der Waals surface area contributed by atoms with Gasteiger partial charge in [-0.15, -0.1) is 23.5 Å². The molecular weight excluding hydrogens is 280 g/mol. The second-order valence-electron chi connectivity index (χ2n) is 4.88. The highest BCUT2D eigenvalue weighted by atomic mass is 32.2. The summed E-state index contributed by atoms with van der Waals surface area (Å²) in [6.45, 7) is 4.21. The molecule has 0 saturated carbocycles. The number of thioether (sulfide) groups is 2. The van der Waals surface area contributed by atoms with Gasteiger partial charge in [0.05, 0.1) is 10.7 Å². The first-order valence-corrected chi connectivity index (χ1v) is 8.73. The summed E-state index contributed by atoms with van der Waals surface area (Å²) >= 11 is 4.02.